The van der Waals surface area contributed by atoms with Crippen LogP contribution in [0.4, 0.5) is 4.39 Å². The topological polar surface area (TPSA) is 55.8 Å². The summed E-state index contributed by atoms with van der Waals surface area (Å²) in [6.45, 7) is 5.46. The van der Waals surface area contributed by atoms with Crippen molar-refractivity contribution >= 4 is 11.8 Å². The summed E-state index contributed by atoms with van der Waals surface area (Å²) in [5.74, 6) is -1.80. The maximum Gasteiger partial charge on any atom is 0.313 e. The van der Waals surface area contributed by atoms with E-state index in [0.717, 1.165) is 18.7 Å². The van der Waals surface area contributed by atoms with E-state index in [9.17, 15) is 14.0 Å². The number of hydrogen-bond donors (Lipinski definition) is 0. The van der Waals surface area contributed by atoms with E-state index in [2.05, 4.69) is 4.90 Å². The van der Waals surface area contributed by atoms with Crippen LogP contribution in [0.2, 0.25) is 0 Å². The molecular weight excluding hydrogens is 289 g/mol. The summed E-state index contributed by atoms with van der Waals surface area (Å²) in [5, 5.41) is 0. The Labute approximate surface area is 129 Å². The van der Waals surface area contributed by atoms with E-state index in [-0.39, 0.29) is 12.2 Å². The lowest BCUT2D eigenvalue weighted by atomic mass is 10.0. The largest absolute Gasteiger partial charge is 0.466 e. The van der Waals surface area contributed by atoms with Crippen molar-refractivity contribution in [2.75, 3.05) is 32.9 Å². The van der Waals surface area contributed by atoms with E-state index in [0.29, 0.717) is 19.8 Å². The number of morpholine rings is 1. The Morgan fingerprint density at radius 3 is 2.73 bits per heavy atom. The number of nitrogens with zero attached hydrogens (tertiary/aromatic N) is 1. The monoisotopic (exact) mass is 309 g/mol. The van der Waals surface area contributed by atoms with Gasteiger partial charge >= 0.3 is 5.97 Å². The lowest BCUT2D eigenvalue weighted by Gasteiger charge is -2.26. The average molecular weight is 309 g/mol. The summed E-state index contributed by atoms with van der Waals surface area (Å²) in [4.78, 5) is 25.5. The zero-order valence-corrected chi connectivity index (χ0v) is 12.6. The van der Waals surface area contributed by atoms with Crippen molar-refractivity contribution in [1.82, 2.24) is 4.90 Å². The Balaban J connectivity index is 2.05. The minimum atomic E-state index is -0.634. The van der Waals surface area contributed by atoms with Gasteiger partial charge in [0, 0.05) is 19.6 Å². The molecule has 5 nitrogen and oxygen atoms in total. The zero-order valence-electron chi connectivity index (χ0n) is 12.6. The molecular formula is C16H20FNO4. The molecule has 0 aliphatic carbocycles. The second kappa shape index (κ2) is 8.00. The van der Waals surface area contributed by atoms with Gasteiger partial charge in [-0.1, -0.05) is 6.07 Å². The summed E-state index contributed by atoms with van der Waals surface area (Å²) < 4.78 is 23.8. The van der Waals surface area contributed by atoms with Crippen molar-refractivity contribution < 1.29 is 23.5 Å². The van der Waals surface area contributed by atoms with Gasteiger partial charge in [-0.25, -0.2) is 4.39 Å². The van der Waals surface area contributed by atoms with Gasteiger partial charge in [0.15, 0.2) is 5.78 Å². The Morgan fingerprint density at radius 1 is 1.32 bits per heavy atom. The highest BCUT2D eigenvalue weighted by molar-refractivity contribution is 6.06. The van der Waals surface area contributed by atoms with Crippen LogP contribution in [0, 0.1) is 5.82 Å². The van der Waals surface area contributed by atoms with Gasteiger partial charge in [0.05, 0.1) is 25.4 Å². The fourth-order valence-corrected chi connectivity index (χ4v) is 2.34. The summed E-state index contributed by atoms with van der Waals surface area (Å²) in [7, 11) is 0. The number of rotatable bonds is 6. The first kappa shape index (κ1) is 16.6. The molecule has 0 amide bonds. The van der Waals surface area contributed by atoms with Gasteiger partial charge in [0.25, 0.3) is 0 Å². The molecule has 0 N–H and O–H groups in total. The van der Waals surface area contributed by atoms with Gasteiger partial charge in [-0.2, -0.15) is 0 Å². The van der Waals surface area contributed by atoms with Gasteiger partial charge in [-0.15, -0.1) is 0 Å². The van der Waals surface area contributed by atoms with Crippen LogP contribution < -0.4 is 0 Å². The lowest BCUT2D eigenvalue weighted by Crippen LogP contribution is -2.35. The molecule has 120 valence electrons. The Morgan fingerprint density at radius 2 is 2.05 bits per heavy atom. The highest BCUT2D eigenvalue weighted by atomic mass is 19.1. The molecule has 0 spiro atoms. The lowest BCUT2D eigenvalue weighted by molar-refractivity contribution is -0.141. The molecule has 0 atom stereocenters. The van der Waals surface area contributed by atoms with Crippen molar-refractivity contribution in [2.45, 2.75) is 19.9 Å². The Bertz CT molecular complexity index is 541. The molecule has 0 saturated carbocycles. The number of esters is 1. The smallest absolute Gasteiger partial charge is 0.313 e. The number of ether oxygens (including phenoxy) is 2. The number of carbonyl (C=O) groups excluding carboxylic acids is 2. The van der Waals surface area contributed by atoms with Crippen molar-refractivity contribution in [2.24, 2.45) is 0 Å². The molecule has 1 aliphatic rings. The van der Waals surface area contributed by atoms with Crippen LogP contribution in [-0.2, 0) is 20.8 Å². The quantitative estimate of drug-likeness (QED) is 0.455. The van der Waals surface area contributed by atoms with Gasteiger partial charge < -0.3 is 9.47 Å². The highest BCUT2D eigenvalue weighted by Gasteiger charge is 2.18. The van der Waals surface area contributed by atoms with Crippen LogP contribution in [0.15, 0.2) is 18.2 Å². The molecule has 0 unspecified atom stereocenters. The first-order valence-electron chi connectivity index (χ1n) is 7.37. The Hall–Kier alpha value is -1.79. The minimum Gasteiger partial charge on any atom is -0.466 e. The van der Waals surface area contributed by atoms with Crippen molar-refractivity contribution in [3.63, 3.8) is 0 Å². The first-order valence-corrected chi connectivity index (χ1v) is 7.37. The molecule has 0 aromatic heterocycles. The van der Waals surface area contributed by atoms with Gasteiger partial charge in [0.2, 0.25) is 0 Å². The molecule has 1 heterocycles. The molecule has 1 fully saturated rings. The van der Waals surface area contributed by atoms with E-state index in [1.807, 2.05) is 0 Å². The van der Waals surface area contributed by atoms with Crippen LogP contribution in [-0.4, -0.2) is 49.6 Å². The van der Waals surface area contributed by atoms with Crippen molar-refractivity contribution in [1.29, 1.82) is 0 Å². The number of halogens is 1. The minimum absolute atomic E-state index is 0.0567. The predicted octanol–water partition coefficient (Wildman–Crippen LogP) is 1.79. The number of carbonyl (C=O) groups is 2. The average Bonchev–Trinajstić information content (AvgIpc) is 2.50. The second-order valence-corrected chi connectivity index (χ2v) is 5.11. The molecule has 2 rings (SSSR count). The van der Waals surface area contributed by atoms with Crippen LogP contribution >= 0.6 is 0 Å². The maximum atomic E-state index is 13.8. The maximum absolute atomic E-state index is 13.8. The molecule has 6 heteroatoms. The van der Waals surface area contributed by atoms with Crippen LogP contribution in [0.3, 0.4) is 0 Å². The summed E-state index contributed by atoms with van der Waals surface area (Å²) in [6.07, 6.45) is -0.439. The number of ketones is 1. The van der Waals surface area contributed by atoms with Crippen LogP contribution in [0.1, 0.15) is 29.3 Å². The third kappa shape index (κ3) is 4.61. The fraction of sp³-hybridized carbons (Fsp3) is 0.500. The normalized spacial score (nSPS) is 15.5. The van der Waals surface area contributed by atoms with Gasteiger partial charge in [-0.3, -0.25) is 14.5 Å². The van der Waals surface area contributed by atoms with E-state index in [1.165, 1.54) is 12.1 Å². The first-order chi connectivity index (χ1) is 10.6. The predicted molar refractivity (Wildman–Crippen MR) is 78.1 cm³/mol. The van der Waals surface area contributed by atoms with E-state index in [1.54, 1.807) is 13.0 Å². The molecule has 1 aromatic carbocycles. The molecule has 1 aliphatic heterocycles. The molecule has 1 saturated heterocycles. The van der Waals surface area contributed by atoms with E-state index < -0.39 is 24.0 Å². The second-order valence-electron chi connectivity index (χ2n) is 5.11. The van der Waals surface area contributed by atoms with Crippen molar-refractivity contribution in [3.8, 4) is 0 Å². The summed E-state index contributed by atoms with van der Waals surface area (Å²) in [6, 6.07) is 4.45. The standard InChI is InChI=1S/C16H20FNO4/c1-2-22-16(20)10-15(19)13-9-12(3-4-14(13)17)11-18-5-7-21-8-6-18/h3-4,9H,2,5-8,10-11H2,1H3. The Kier molecular flexibility index (Phi) is 6.03. The van der Waals surface area contributed by atoms with Gasteiger partial charge in [0.1, 0.15) is 12.2 Å². The third-order valence-electron chi connectivity index (χ3n) is 3.45. The molecule has 22 heavy (non-hydrogen) atoms. The fourth-order valence-electron chi connectivity index (χ4n) is 2.34. The van der Waals surface area contributed by atoms with Gasteiger partial charge in [-0.05, 0) is 24.6 Å². The number of hydrogen-bond acceptors (Lipinski definition) is 5. The molecule has 0 radical (unpaired) electrons. The van der Waals surface area contributed by atoms with E-state index >= 15 is 0 Å². The molecule has 0 bridgehead atoms. The third-order valence-corrected chi connectivity index (χ3v) is 3.45. The van der Waals surface area contributed by atoms with Crippen molar-refractivity contribution in [3.05, 3.63) is 35.1 Å². The summed E-state index contributed by atoms with van der Waals surface area (Å²) in [5.41, 5.74) is 0.786. The SMILES string of the molecule is CCOC(=O)CC(=O)c1cc(CN2CCOCC2)ccc1F. The summed E-state index contributed by atoms with van der Waals surface area (Å²) >= 11 is 0. The number of benzene rings is 1. The molecule has 1 aromatic rings. The zero-order chi connectivity index (χ0) is 15.9. The highest BCUT2D eigenvalue weighted by Crippen LogP contribution is 2.15. The van der Waals surface area contributed by atoms with E-state index in [4.69, 9.17) is 9.47 Å². The van der Waals surface area contributed by atoms with Crippen LogP contribution in [0.5, 0.6) is 0 Å². The van der Waals surface area contributed by atoms with Crippen LogP contribution in [0.25, 0.3) is 0 Å². The number of Topliss-reactive ketones (excluding diaryl/α,β-unsaturated/α-hetero) is 1.